The average Bonchev–Trinajstić information content (AvgIpc) is 2.48. The van der Waals surface area contributed by atoms with E-state index in [4.69, 9.17) is 9.47 Å². The molecule has 0 bridgehead atoms. The maximum Gasteiger partial charge on any atom is 0.410 e. The Morgan fingerprint density at radius 2 is 1.64 bits per heavy atom. The number of amides is 1. The number of carboxylic acid groups (broad SMARTS) is 1. The van der Waals surface area contributed by atoms with Gasteiger partial charge in [0.15, 0.2) is 0 Å². The Hall–Kier alpha value is -1.79. The van der Waals surface area contributed by atoms with Gasteiger partial charge in [0.2, 0.25) is 0 Å². The Labute approximate surface area is 150 Å². The number of carbonyl (C=O) groups excluding carboxylic acids is 2. The van der Waals surface area contributed by atoms with Crippen LogP contribution in [0, 0.1) is 23.7 Å². The molecule has 146 valence electrons. The van der Waals surface area contributed by atoms with Crippen molar-refractivity contribution in [2.75, 3.05) is 6.54 Å². The summed E-state index contributed by atoms with van der Waals surface area (Å²) in [6, 6.07) is 0. The molecule has 0 saturated carbocycles. The molecule has 0 aromatic carbocycles. The third-order valence-corrected chi connectivity index (χ3v) is 3.89. The Balaban J connectivity index is 4.61. The van der Waals surface area contributed by atoms with Crippen LogP contribution in [0.1, 0.15) is 60.8 Å². The number of carboxylic acids is 1. The maximum atomic E-state index is 11.9. The van der Waals surface area contributed by atoms with Crippen LogP contribution < -0.4 is 5.32 Å². The van der Waals surface area contributed by atoms with Crippen LogP contribution in [0.5, 0.6) is 0 Å². The van der Waals surface area contributed by atoms with Crippen LogP contribution >= 0.6 is 0 Å². The van der Waals surface area contributed by atoms with Crippen molar-refractivity contribution in [2.45, 2.75) is 67.1 Å². The number of hydrogen-bond donors (Lipinski definition) is 2. The molecule has 0 fully saturated rings. The monoisotopic (exact) mass is 359 g/mol. The quantitative estimate of drug-likeness (QED) is 0.433. The minimum atomic E-state index is -0.995. The zero-order valence-electron chi connectivity index (χ0n) is 16.2. The fourth-order valence-corrected chi connectivity index (χ4v) is 2.58. The number of aliphatic carboxylic acids is 1. The lowest BCUT2D eigenvalue weighted by Crippen LogP contribution is -2.38. The first-order valence-electron chi connectivity index (χ1n) is 8.91. The molecule has 25 heavy (non-hydrogen) atoms. The van der Waals surface area contributed by atoms with Crippen LogP contribution in [0.25, 0.3) is 0 Å². The van der Waals surface area contributed by atoms with Crippen LogP contribution in [0.15, 0.2) is 0 Å². The van der Waals surface area contributed by atoms with Crippen molar-refractivity contribution in [1.82, 2.24) is 5.32 Å². The van der Waals surface area contributed by atoms with Gasteiger partial charge in [-0.2, -0.15) is 0 Å². The summed E-state index contributed by atoms with van der Waals surface area (Å²) in [4.78, 5) is 34.4. The topological polar surface area (TPSA) is 102 Å². The fourth-order valence-electron chi connectivity index (χ4n) is 2.58. The predicted octanol–water partition coefficient (Wildman–Crippen LogP) is 3.42. The Morgan fingerprint density at radius 1 is 1.04 bits per heavy atom. The minimum absolute atomic E-state index is 0.0202. The molecular weight excluding hydrogens is 326 g/mol. The molecule has 0 radical (unpaired) electrons. The van der Waals surface area contributed by atoms with Crippen LogP contribution in [0.4, 0.5) is 4.79 Å². The van der Waals surface area contributed by atoms with Crippen molar-refractivity contribution in [3.8, 4) is 0 Å². The molecule has 7 nitrogen and oxygen atoms in total. The van der Waals surface area contributed by atoms with Gasteiger partial charge < -0.3 is 19.9 Å². The molecular formula is C18H33NO6. The van der Waals surface area contributed by atoms with Gasteiger partial charge in [-0.1, -0.05) is 41.0 Å². The zero-order chi connectivity index (χ0) is 19.6. The van der Waals surface area contributed by atoms with Gasteiger partial charge in [0.1, 0.15) is 0 Å². The third-order valence-electron chi connectivity index (χ3n) is 3.89. The van der Waals surface area contributed by atoms with E-state index in [-0.39, 0.29) is 12.5 Å². The third kappa shape index (κ3) is 10.6. The van der Waals surface area contributed by atoms with E-state index in [0.29, 0.717) is 18.3 Å². The molecule has 0 saturated heterocycles. The molecule has 0 heterocycles. The summed E-state index contributed by atoms with van der Waals surface area (Å²) in [6.07, 6.45) is 0.566. The number of carbonyl (C=O) groups is 3. The van der Waals surface area contributed by atoms with E-state index >= 15 is 0 Å². The van der Waals surface area contributed by atoms with Crippen LogP contribution in [0.2, 0.25) is 0 Å². The standard InChI is InChI=1S/C18H33NO6/c1-7-14(8-11(2)3)9-15(16(21)22)10-19-18(23)25-17(12(4)5)24-13(6)20/h11-12,14-15,17H,7-10H2,1-6H3,(H,19,23)(H,21,22)/t14-,15-,17+/m0/s1. The van der Waals surface area contributed by atoms with Crippen molar-refractivity contribution < 1.29 is 29.0 Å². The number of rotatable bonds is 11. The molecule has 0 aromatic heterocycles. The largest absolute Gasteiger partial charge is 0.481 e. The summed E-state index contributed by atoms with van der Waals surface area (Å²) < 4.78 is 9.99. The molecule has 3 atom stereocenters. The van der Waals surface area contributed by atoms with Crippen molar-refractivity contribution in [1.29, 1.82) is 0 Å². The smallest absolute Gasteiger partial charge is 0.410 e. The van der Waals surface area contributed by atoms with E-state index in [1.54, 1.807) is 13.8 Å². The van der Waals surface area contributed by atoms with E-state index in [1.807, 2.05) is 6.92 Å². The first-order valence-corrected chi connectivity index (χ1v) is 8.91. The van der Waals surface area contributed by atoms with Gasteiger partial charge in [-0.3, -0.25) is 9.59 Å². The van der Waals surface area contributed by atoms with E-state index in [9.17, 15) is 19.5 Å². The van der Waals surface area contributed by atoms with Gasteiger partial charge in [-0.15, -0.1) is 0 Å². The normalized spacial score (nSPS) is 14.7. The zero-order valence-corrected chi connectivity index (χ0v) is 16.2. The lowest BCUT2D eigenvalue weighted by Gasteiger charge is -2.23. The van der Waals surface area contributed by atoms with Crippen molar-refractivity contribution in [2.24, 2.45) is 23.7 Å². The highest BCUT2D eigenvalue weighted by atomic mass is 16.7. The van der Waals surface area contributed by atoms with E-state index in [0.717, 1.165) is 12.8 Å². The summed E-state index contributed by atoms with van der Waals surface area (Å²) in [5.74, 6) is -1.59. The molecule has 0 aliphatic carbocycles. The van der Waals surface area contributed by atoms with E-state index in [1.165, 1.54) is 6.92 Å². The Kier molecular flexibility index (Phi) is 10.9. The van der Waals surface area contributed by atoms with Crippen molar-refractivity contribution >= 4 is 18.0 Å². The number of alkyl carbamates (subject to hydrolysis) is 1. The molecule has 0 aliphatic heterocycles. The number of ether oxygens (including phenoxy) is 2. The van der Waals surface area contributed by atoms with Crippen molar-refractivity contribution in [3.63, 3.8) is 0 Å². The van der Waals surface area contributed by atoms with E-state index < -0.39 is 30.2 Å². The van der Waals surface area contributed by atoms with Crippen LogP contribution in [-0.4, -0.2) is 36.0 Å². The molecule has 0 aromatic rings. The van der Waals surface area contributed by atoms with Gasteiger partial charge in [-0.25, -0.2) is 4.79 Å². The highest BCUT2D eigenvalue weighted by molar-refractivity contribution is 5.72. The molecule has 2 N–H and O–H groups in total. The summed E-state index contributed by atoms with van der Waals surface area (Å²) in [5, 5.41) is 11.9. The minimum Gasteiger partial charge on any atom is -0.481 e. The molecule has 0 spiro atoms. The first-order chi connectivity index (χ1) is 11.6. The summed E-state index contributed by atoms with van der Waals surface area (Å²) in [5.41, 5.74) is 0. The van der Waals surface area contributed by atoms with Crippen molar-refractivity contribution in [3.05, 3.63) is 0 Å². The second kappa shape index (κ2) is 11.7. The fraction of sp³-hybridized carbons (Fsp3) is 0.833. The van der Waals surface area contributed by atoms with Gasteiger partial charge in [-0.05, 0) is 24.7 Å². The average molecular weight is 359 g/mol. The summed E-state index contributed by atoms with van der Waals surface area (Å²) >= 11 is 0. The number of nitrogens with one attached hydrogen (secondary N) is 1. The second-order valence-corrected chi connectivity index (χ2v) is 7.18. The van der Waals surface area contributed by atoms with Gasteiger partial charge in [0, 0.05) is 19.4 Å². The van der Waals surface area contributed by atoms with Crippen LogP contribution in [-0.2, 0) is 19.1 Å². The predicted molar refractivity (Wildman–Crippen MR) is 93.9 cm³/mol. The SMILES string of the molecule is CC[C@@H](CC(C)C)C[C@@H](CNC(=O)O[C@@H](OC(C)=O)C(C)C)C(=O)O. The molecule has 0 aliphatic rings. The van der Waals surface area contributed by atoms with Crippen LogP contribution in [0.3, 0.4) is 0 Å². The molecule has 1 amide bonds. The van der Waals surface area contributed by atoms with Gasteiger partial charge in [0.25, 0.3) is 6.29 Å². The molecule has 0 rings (SSSR count). The molecule has 0 unspecified atom stereocenters. The first kappa shape index (κ1) is 23.2. The highest BCUT2D eigenvalue weighted by Crippen LogP contribution is 2.23. The maximum absolute atomic E-state index is 11.9. The van der Waals surface area contributed by atoms with Gasteiger partial charge in [0.05, 0.1) is 5.92 Å². The Bertz CT molecular complexity index is 435. The lowest BCUT2D eigenvalue weighted by atomic mass is 9.86. The highest BCUT2D eigenvalue weighted by Gasteiger charge is 2.25. The summed E-state index contributed by atoms with van der Waals surface area (Å²) in [7, 11) is 0. The van der Waals surface area contributed by atoms with Gasteiger partial charge >= 0.3 is 18.0 Å². The molecule has 7 heteroatoms. The lowest BCUT2D eigenvalue weighted by molar-refractivity contribution is -0.172. The number of esters is 1. The number of hydrogen-bond acceptors (Lipinski definition) is 5. The van der Waals surface area contributed by atoms with E-state index in [2.05, 4.69) is 19.2 Å². The summed E-state index contributed by atoms with van der Waals surface area (Å²) in [6.45, 7) is 11.0. The second-order valence-electron chi connectivity index (χ2n) is 7.18. The Morgan fingerprint density at radius 3 is 2.04 bits per heavy atom.